The van der Waals surface area contributed by atoms with Crippen LogP contribution in [0.15, 0.2) is 42.6 Å². The highest BCUT2D eigenvalue weighted by molar-refractivity contribution is 5.95. The van der Waals surface area contributed by atoms with Crippen molar-refractivity contribution in [1.29, 1.82) is 0 Å². The Hall–Kier alpha value is -3.62. The van der Waals surface area contributed by atoms with Crippen LogP contribution < -0.4 is 19.9 Å². The summed E-state index contributed by atoms with van der Waals surface area (Å²) in [6, 6.07) is 10.9. The van der Waals surface area contributed by atoms with E-state index in [2.05, 4.69) is 4.98 Å². The molecule has 2 N–H and O–H groups in total. The molecular formula is C27H38N2O7. The van der Waals surface area contributed by atoms with Gasteiger partial charge in [0.25, 0.3) is 5.91 Å². The molecule has 36 heavy (non-hydrogen) atoms. The van der Waals surface area contributed by atoms with Crippen molar-refractivity contribution < 1.29 is 33.3 Å². The number of amides is 1. The summed E-state index contributed by atoms with van der Waals surface area (Å²) in [7, 11) is 1.38. The SMILES string of the molecule is C1CCCCC1.CCC(=O)OCC(C)Oc1ccccc1.COc1ccnc(C(N)=O)c1OC(C)=O. The number of hydrogen-bond acceptors (Lipinski definition) is 8. The minimum Gasteiger partial charge on any atom is -0.493 e. The van der Waals surface area contributed by atoms with Crippen molar-refractivity contribution in [3.8, 4) is 17.2 Å². The minimum absolute atomic E-state index is 0.0556. The van der Waals surface area contributed by atoms with Crippen LogP contribution in [0.2, 0.25) is 0 Å². The van der Waals surface area contributed by atoms with E-state index in [0.717, 1.165) is 5.75 Å². The van der Waals surface area contributed by atoms with Gasteiger partial charge in [-0.05, 0) is 19.1 Å². The summed E-state index contributed by atoms with van der Waals surface area (Å²) in [5.74, 6) is -0.598. The van der Waals surface area contributed by atoms with Crippen LogP contribution in [0.25, 0.3) is 0 Å². The lowest BCUT2D eigenvalue weighted by Crippen LogP contribution is -2.21. The van der Waals surface area contributed by atoms with E-state index < -0.39 is 11.9 Å². The van der Waals surface area contributed by atoms with E-state index in [0.29, 0.717) is 13.0 Å². The highest BCUT2D eigenvalue weighted by atomic mass is 16.6. The van der Waals surface area contributed by atoms with E-state index in [1.54, 1.807) is 6.92 Å². The van der Waals surface area contributed by atoms with Gasteiger partial charge in [0.2, 0.25) is 5.75 Å². The molecule has 0 aliphatic heterocycles. The van der Waals surface area contributed by atoms with Crippen LogP contribution in [0.1, 0.15) is 76.2 Å². The number of carbonyl (C=O) groups is 3. The van der Waals surface area contributed by atoms with Crippen molar-refractivity contribution in [2.75, 3.05) is 13.7 Å². The Bertz CT molecular complexity index is 919. The summed E-state index contributed by atoms with van der Waals surface area (Å²) < 4.78 is 20.2. The predicted molar refractivity (Wildman–Crippen MR) is 136 cm³/mol. The summed E-state index contributed by atoms with van der Waals surface area (Å²) in [4.78, 5) is 36.4. The molecule has 9 heteroatoms. The Labute approximate surface area is 213 Å². The molecule has 0 spiro atoms. The first-order valence-electron chi connectivity index (χ1n) is 12.2. The molecule has 1 aromatic carbocycles. The summed E-state index contributed by atoms with van der Waals surface area (Å²) in [5.41, 5.74) is 4.93. The van der Waals surface area contributed by atoms with Gasteiger partial charge < -0.3 is 24.7 Å². The fraction of sp³-hybridized carbons (Fsp3) is 0.481. The number of hydrogen-bond donors (Lipinski definition) is 1. The number of para-hydroxylation sites is 1. The fourth-order valence-corrected chi connectivity index (χ4v) is 3.15. The maximum absolute atomic E-state index is 11.0. The van der Waals surface area contributed by atoms with Gasteiger partial charge >= 0.3 is 11.9 Å². The second kappa shape index (κ2) is 17.8. The number of nitrogens with zero attached hydrogens (tertiary/aromatic N) is 1. The Morgan fingerprint density at radius 3 is 2.06 bits per heavy atom. The van der Waals surface area contributed by atoms with E-state index in [9.17, 15) is 14.4 Å². The summed E-state index contributed by atoms with van der Waals surface area (Å²) in [6.45, 7) is 5.14. The second-order valence-corrected chi connectivity index (χ2v) is 8.05. The Balaban J connectivity index is 0.000000293. The van der Waals surface area contributed by atoms with Crippen LogP contribution in [0.3, 0.4) is 0 Å². The lowest BCUT2D eigenvalue weighted by molar-refractivity contribution is -0.145. The number of nitrogens with two attached hydrogens (primary N) is 1. The van der Waals surface area contributed by atoms with Gasteiger partial charge in [-0.3, -0.25) is 14.4 Å². The number of primary amides is 1. The predicted octanol–water partition coefficient (Wildman–Crippen LogP) is 4.86. The standard InChI is InChI=1S/C12H16O3.C9H10N2O4.C6H12/c1-3-12(13)14-9-10(2)15-11-7-5-4-6-8-11;1-5(12)15-8-6(14-2)3-4-11-7(8)9(10)13;1-2-4-6-5-3-1/h4-8,10H,3,9H2,1-2H3;3-4H,1-2H3,(H2,10,13);1-6H2. The number of esters is 2. The first-order chi connectivity index (χ1) is 17.3. The number of methoxy groups -OCH3 is 1. The minimum atomic E-state index is -0.787. The van der Waals surface area contributed by atoms with Crippen LogP contribution in [-0.4, -0.2) is 42.7 Å². The van der Waals surface area contributed by atoms with Crippen molar-refractivity contribution >= 4 is 17.8 Å². The maximum atomic E-state index is 11.0. The normalized spacial score (nSPS) is 12.9. The van der Waals surface area contributed by atoms with E-state index >= 15 is 0 Å². The molecule has 1 heterocycles. The van der Waals surface area contributed by atoms with E-state index in [1.807, 2.05) is 37.3 Å². The van der Waals surface area contributed by atoms with Crippen LogP contribution in [0, 0.1) is 0 Å². The zero-order valence-corrected chi connectivity index (χ0v) is 21.7. The van der Waals surface area contributed by atoms with Gasteiger partial charge in [0.1, 0.15) is 18.5 Å². The van der Waals surface area contributed by atoms with Crippen LogP contribution >= 0.6 is 0 Å². The van der Waals surface area contributed by atoms with Crippen molar-refractivity contribution in [2.24, 2.45) is 5.73 Å². The molecule has 198 valence electrons. The van der Waals surface area contributed by atoms with E-state index in [-0.39, 0.29) is 29.3 Å². The zero-order chi connectivity index (χ0) is 26.8. The average molecular weight is 503 g/mol. The molecule has 1 aliphatic rings. The molecule has 0 bridgehead atoms. The third-order valence-electron chi connectivity index (χ3n) is 4.92. The Morgan fingerprint density at radius 1 is 1.00 bits per heavy atom. The third-order valence-corrected chi connectivity index (χ3v) is 4.92. The van der Waals surface area contributed by atoms with Crippen molar-refractivity contribution in [3.05, 3.63) is 48.3 Å². The molecule has 9 nitrogen and oxygen atoms in total. The molecule has 3 rings (SSSR count). The number of benzene rings is 1. The molecule has 1 unspecified atom stereocenters. The van der Waals surface area contributed by atoms with E-state index in [4.69, 9.17) is 24.7 Å². The van der Waals surface area contributed by atoms with E-state index in [1.165, 1.54) is 64.8 Å². The molecular weight excluding hydrogens is 464 g/mol. The highest BCUT2D eigenvalue weighted by Crippen LogP contribution is 2.29. The van der Waals surface area contributed by atoms with Gasteiger partial charge in [0, 0.05) is 25.6 Å². The average Bonchev–Trinajstić information content (AvgIpc) is 2.89. The molecule has 1 amide bonds. The topological polar surface area (TPSA) is 127 Å². The number of carbonyl (C=O) groups excluding carboxylic acids is 3. The quantitative estimate of drug-likeness (QED) is 0.507. The van der Waals surface area contributed by atoms with Crippen LogP contribution in [-0.2, 0) is 14.3 Å². The monoisotopic (exact) mass is 502 g/mol. The molecule has 0 radical (unpaired) electrons. The van der Waals surface area contributed by atoms with Gasteiger partial charge in [0.05, 0.1) is 7.11 Å². The first kappa shape index (κ1) is 30.4. The summed E-state index contributed by atoms with van der Waals surface area (Å²) in [6.07, 6.45) is 10.6. The van der Waals surface area contributed by atoms with Crippen molar-refractivity contribution in [1.82, 2.24) is 4.98 Å². The zero-order valence-electron chi connectivity index (χ0n) is 21.7. The molecule has 1 saturated carbocycles. The van der Waals surface area contributed by atoms with Crippen LogP contribution in [0.4, 0.5) is 0 Å². The molecule has 0 saturated heterocycles. The fourth-order valence-electron chi connectivity index (χ4n) is 3.15. The molecule has 1 atom stereocenters. The van der Waals surface area contributed by atoms with Gasteiger partial charge in [-0.1, -0.05) is 63.6 Å². The number of rotatable bonds is 8. The van der Waals surface area contributed by atoms with Crippen molar-refractivity contribution in [3.63, 3.8) is 0 Å². The third kappa shape index (κ3) is 12.7. The second-order valence-electron chi connectivity index (χ2n) is 8.05. The van der Waals surface area contributed by atoms with Gasteiger partial charge in [0.15, 0.2) is 11.4 Å². The number of aromatic nitrogens is 1. The maximum Gasteiger partial charge on any atom is 0.308 e. The van der Waals surface area contributed by atoms with Crippen molar-refractivity contribution in [2.45, 2.75) is 71.8 Å². The van der Waals surface area contributed by atoms with Gasteiger partial charge in [-0.25, -0.2) is 4.98 Å². The lowest BCUT2D eigenvalue weighted by Gasteiger charge is -2.14. The lowest BCUT2D eigenvalue weighted by atomic mass is 10.0. The Morgan fingerprint density at radius 2 is 1.58 bits per heavy atom. The summed E-state index contributed by atoms with van der Waals surface area (Å²) >= 11 is 0. The number of pyridine rings is 1. The first-order valence-corrected chi connectivity index (χ1v) is 12.2. The van der Waals surface area contributed by atoms with Gasteiger partial charge in [-0.2, -0.15) is 0 Å². The van der Waals surface area contributed by atoms with Gasteiger partial charge in [-0.15, -0.1) is 0 Å². The molecule has 1 aromatic heterocycles. The molecule has 1 aliphatic carbocycles. The summed E-state index contributed by atoms with van der Waals surface area (Å²) in [5, 5.41) is 0. The highest BCUT2D eigenvalue weighted by Gasteiger charge is 2.18. The smallest absolute Gasteiger partial charge is 0.308 e. The molecule has 1 fully saturated rings. The number of ether oxygens (including phenoxy) is 4. The van der Waals surface area contributed by atoms with Crippen LogP contribution in [0.5, 0.6) is 17.2 Å². The largest absolute Gasteiger partial charge is 0.493 e. The molecule has 2 aromatic rings. The Kier molecular flexibility index (Phi) is 15.0.